The van der Waals surface area contributed by atoms with Crippen LogP contribution >= 0.6 is 23.1 Å². The van der Waals surface area contributed by atoms with Crippen LogP contribution in [0.4, 0.5) is 9.52 Å². The molecule has 5 rings (SSSR count). The number of thioether (sulfide) groups is 1. The molecular weight excluding hydrogens is 614 g/mol. The Morgan fingerprint density at radius 3 is 2.56 bits per heavy atom. The van der Waals surface area contributed by atoms with Crippen LogP contribution in [-0.4, -0.2) is 40.2 Å². The maximum Gasteiger partial charge on any atom is 0.296 e. The van der Waals surface area contributed by atoms with E-state index in [1.165, 1.54) is 34.9 Å². The highest BCUT2D eigenvalue weighted by Gasteiger charge is 2.45. The van der Waals surface area contributed by atoms with Gasteiger partial charge < -0.3 is 14.6 Å². The number of benzene rings is 3. The average molecular weight is 646 g/mol. The highest BCUT2D eigenvalue weighted by atomic mass is 32.2. The van der Waals surface area contributed by atoms with Crippen molar-refractivity contribution in [1.29, 1.82) is 0 Å². The van der Waals surface area contributed by atoms with Crippen LogP contribution < -0.4 is 14.4 Å². The topological polar surface area (TPSA) is 102 Å². The monoisotopic (exact) mass is 645 g/mol. The van der Waals surface area contributed by atoms with Crippen LogP contribution in [0.25, 0.3) is 6.08 Å². The summed E-state index contributed by atoms with van der Waals surface area (Å²) in [7, 11) is 0. The summed E-state index contributed by atoms with van der Waals surface area (Å²) >= 11 is 2.55. The standard InChI is InChI=1S/C34H32FN3O5S2/c1-3-5-19-43-27-18-14-24(20-28(27)42-4-2)30-29(26(39)17-13-22-9-7-6-8-10-22)31(40)32(41)38(30)33-36-37-34(45-33)44-21-23-11-15-25(35)16-12-23/h6-18,20,30,40H,3-5,19,21H2,1-2H3/b17-13+. The molecule has 0 aliphatic carbocycles. The summed E-state index contributed by atoms with van der Waals surface area (Å²) in [6.45, 7) is 4.82. The summed E-state index contributed by atoms with van der Waals surface area (Å²) in [5.41, 5.74) is 2.15. The van der Waals surface area contributed by atoms with E-state index in [-0.39, 0.29) is 16.5 Å². The zero-order chi connectivity index (χ0) is 31.8. The lowest BCUT2D eigenvalue weighted by Gasteiger charge is -2.24. The molecule has 1 atom stereocenters. The number of unbranched alkanes of at least 4 members (excludes halogenated alkanes) is 1. The van der Waals surface area contributed by atoms with Crippen molar-refractivity contribution in [3.63, 3.8) is 0 Å². The Labute approximate surface area is 269 Å². The minimum Gasteiger partial charge on any atom is -0.503 e. The third-order valence-electron chi connectivity index (χ3n) is 6.92. The Bertz CT molecular complexity index is 1710. The van der Waals surface area contributed by atoms with E-state index in [0.717, 1.165) is 35.3 Å². The van der Waals surface area contributed by atoms with Gasteiger partial charge in [-0.2, -0.15) is 0 Å². The molecule has 1 aliphatic heterocycles. The molecule has 0 fully saturated rings. The van der Waals surface area contributed by atoms with E-state index in [1.54, 1.807) is 36.4 Å². The number of carbonyl (C=O) groups is 2. The number of aromatic nitrogens is 2. The van der Waals surface area contributed by atoms with Crippen molar-refractivity contribution in [3.05, 3.63) is 113 Å². The van der Waals surface area contributed by atoms with Gasteiger partial charge in [-0.1, -0.05) is 91.1 Å². The first-order valence-electron chi connectivity index (χ1n) is 14.5. The molecule has 11 heteroatoms. The molecule has 1 amide bonds. The van der Waals surface area contributed by atoms with Gasteiger partial charge in [-0.25, -0.2) is 4.39 Å². The smallest absolute Gasteiger partial charge is 0.296 e. The molecule has 0 spiro atoms. The second kappa shape index (κ2) is 15.0. The van der Waals surface area contributed by atoms with Gasteiger partial charge in [0.1, 0.15) is 5.82 Å². The van der Waals surface area contributed by atoms with Gasteiger partial charge in [0.25, 0.3) is 5.91 Å². The van der Waals surface area contributed by atoms with Crippen molar-refractivity contribution in [2.75, 3.05) is 18.1 Å². The molecule has 0 radical (unpaired) electrons. The van der Waals surface area contributed by atoms with E-state index in [2.05, 4.69) is 17.1 Å². The van der Waals surface area contributed by atoms with E-state index < -0.39 is 23.5 Å². The first-order valence-corrected chi connectivity index (χ1v) is 16.3. The van der Waals surface area contributed by atoms with Gasteiger partial charge in [0, 0.05) is 5.75 Å². The fourth-order valence-corrected chi connectivity index (χ4v) is 6.51. The predicted molar refractivity (Wildman–Crippen MR) is 174 cm³/mol. The van der Waals surface area contributed by atoms with Crippen LogP contribution in [0.2, 0.25) is 0 Å². The van der Waals surface area contributed by atoms with Crippen molar-refractivity contribution in [2.45, 2.75) is 42.8 Å². The average Bonchev–Trinajstić information content (AvgIpc) is 3.62. The Morgan fingerprint density at radius 1 is 1.04 bits per heavy atom. The number of carbonyl (C=O) groups excluding carboxylic acids is 2. The highest BCUT2D eigenvalue weighted by Crippen LogP contribution is 2.45. The Hall–Kier alpha value is -4.48. The normalized spacial score (nSPS) is 14.9. The van der Waals surface area contributed by atoms with Gasteiger partial charge in [0.05, 0.1) is 24.8 Å². The first-order chi connectivity index (χ1) is 21.9. The van der Waals surface area contributed by atoms with Gasteiger partial charge in [0.2, 0.25) is 5.13 Å². The zero-order valence-electron chi connectivity index (χ0n) is 24.8. The lowest BCUT2D eigenvalue weighted by molar-refractivity contribution is -0.117. The lowest BCUT2D eigenvalue weighted by atomic mass is 9.95. The number of nitrogens with zero attached hydrogens (tertiary/aromatic N) is 3. The van der Waals surface area contributed by atoms with E-state index in [1.807, 2.05) is 37.3 Å². The fraction of sp³-hybridized carbons (Fsp3) is 0.235. The third-order valence-corrected chi connectivity index (χ3v) is 9.04. The summed E-state index contributed by atoms with van der Waals surface area (Å²) in [6.07, 6.45) is 4.83. The van der Waals surface area contributed by atoms with Crippen molar-refractivity contribution in [3.8, 4) is 11.5 Å². The number of ketones is 1. The van der Waals surface area contributed by atoms with Crippen molar-refractivity contribution in [2.24, 2.45) is 0 Å². The highest BCUT2D eigenvalue weighted by molar-refractivity contribution is 8.00. The first kappa shape index (κ1) is 31.9. The van der Waals surface area contributed by atoms with Gasteiger partial charge in [0.15, 0.2) is 27.4 Å². The van der Waals surface area contributed by atoms with Gasteiger partial charge in [-0.05, 0) is 60.4 Å². The molecule has 1 aliphatic rings. The summed E-state index contributed by atoms with van der Waals surface area (Å²) < 4.78 is 25.7. The summed E-state index contributed by atoms with van der Waals surface area (Å²) in [4.78, 5) is 28.6. The van der Waals surface area contributed by atoms with E-state index in [4.69, 9.17) is 9.47 Å². The van der Waals surface area contributed by atoms with Crippen LogP contribution in [0.1, 0.15) is 49.4 Å². The molecule has 4 aromatic rings. The minimum absolute atomic E-state index is 0.0787. The number of halogens is 1. The molecule has 1 N–H and O–H groups in total. The number of aliphatic hydroxyl groups excluding tert-OH is 1. The molecule has 8 nitrogen and oxygen atoms in total. The second-order valence-corrected chi connectivity index (χ2v) is 12.2. The summed E-state index contributed by atoms with van der Waals surface area (Å²) in [6, 6.07) is 19.7. The SMILES string of the molecule is CCCCOc1ccc(C2C(C(=O)/C=C/c3ccccc3)=C(O)C(=O)N2c2nnc(SCc3ccc(F)cc3)s2)cc1OCC. The second-order valence-electron chi connectivity index (χ2n) is 10.1. The number of hydrogen-bond donors (Lipinski definition) is 1. The van der Waals surface area contributed by atoms with Crippen LogP contribution in [0.15, 0.2) is 94.5 Å². The molecule has 45 heavy (non-hydrogen) atoms. The number of aliphatic hydroxyl groups is 1. The number of amides is 1. The van der Waals surface area contributed by atoms with Crippen molar-refractivity contribution < 1.29 is 28.6 Å². The van der Waals surface area contributed by atoms with Crippen LogP contribution in [0.3, 0.4) is 0 Å². The molecule has 0 bridgehead atoms. The third kappa shape index (κ3) is 7.61. The van der Waals surface area contributed by atoms with Crippen molar-refractivity contribution in [1.82, 2.24) is 10.2 Å². The van der Waals surface area contributed by atoms with Crippen LogP contribution in [-0.2, 0) is 15.3 Å². The summed E-state index contributed by atoms with van der Waals surface area (Å²) in [5.74, 6) is -0.724. The van der Waals surface area contributed by atoms with E-state index in [9.17, 15) is 19.1 Å². The Morgan fingerprint density at radius 2 is 1.82 bits per heavy atom. The predicted octanol–water partition coefficient (Wildman–Crippen LogP) is 7.73. The van der Waals surface area contributed by atoms with Crippen LogP contribution in [0.5, 0.6) is 11.5 Å². The maximum atomic E-state index is 13.7. The number of allylic oxidation sites excluding steroid dienone is 1. The Kier molecular flexibility index (Phi) is 10.6. The molecule has 2 heterocycles. The van der Waals surface area contributed by atoms with Crippen molar-refractivity contribution >= 4 is 46.0 Å². The van der Waals surface area contributed by atoms with Gasteiger partial charge in [-0.15, -0.1) is 10.2 Å². The van der Waals surface area contributed by atoms with Gasteiger partial charge in [-0.3, -0.25) is 14.5 Å². The van der Waals surface area contributed by atoms with E-state index >= 15 is 0 Å². The molecule has 3 aromatic carbocycles. The maximum absolute atomic E-state index is 13.7. The minimum atomic E-state index is -1.00. The van der Waals surface area contributed by atoms with E-state index in [0.29, 0.717) is 40.4 Å². The number of hydrogen-bond acceptors (Lipinski definition) is 9. The molecular formula is C34H32FN3O5S2. The largest absolute Gasteiger partial charge is 0.503 e. The lowest BCUT2D eigenvalue weighted by Crippen LogP contribution is -2.31. The molecule has 232 valence electrons. The van der Waals surface area contributed by atoms with Gasteiger partial charge >= 0.3 is 0 Å². The number of ether oxygens (including phenoxy) is 2. The van der Waals surface area contributed by atoms with Crippen LogP contribution in [0, 0.1) is 5.82 Å². The quantitative estimate of drug-likeness (QED) is 0.0644. The Balaban J connectivity index is 1.50. The summed E-state index contributed by atoms with van der Waals surface area (Å²) in [5, 5.41) is 19.9. The zero-order valence-corrected chi connectivity index (χ0v) is 26.4. The number of rotatable bonds is 14. The number of anilines is 1. The molecule has 0 saturated carbocycles. The molecule has 1 aromatic heterocycles. The fourth-order valence-electron chi connectivity index (χ4n) is 4.69. The molecule has 1 unspecified atom stereocenters. The molecule has 0 saturated heterocycles.